The van der Waals surface area contributed by atoms with Crippen LogP contribution in [0, 0.1) is 0 Å². The average Bonchev–Trinajstić information content (AvgIpc) is 2.49. The molecule has 0 saturated heterocycles. The first-order chi connectivity index (χ1) is 11.2. The van der Waals surface area contributed by atoms with Gasteiger partial charge in [-0.15, -0.1) is 0 Å². The minimum atomic E-state index is -4.56. The van der Waals surface area contributed by atoms with Gasteiger partial charge in [-0.05, 0) is 48.7 Å². The summed E-state index contributed by atoms with van der Waals surface area (Å²) in [5.41, 5.74) is 0.977. The van der Waals surface area contributed by atoms with Crippen molar-refractivity contribution in [1.82, 2.24) is 0 Å². The summed E-state index contributed by atoms with van der Waals surface area (Å²) in [5.74, 6) is -0.323. The Morgan fingerprint density at radius 1 is 1.00 bits per heavy atom. The second-order valence-electron chi connectivity index (χ2n) is 5.33. The number of carbonyl (C=O) groups is 1. The molecule has 2 rings (SSSR count). The van der Waals surface area contributed by atoms with Crippen LogP contribution in [0.2, 0.25) is 0 Å². The molecular formula is C16H18NO6P. The number of Topliss-reactive ketones (excluding diaryl/α,β-unsaturated/α-hetero) is 1. The number of phenolic OH excluding ortho intramolecular Hbond substituents is 2. The molecule has 0 unspecified atom stereocenters. The Morgan fingerprint density at radius 2 is 1.62 bits per heavy atom. The maximum absolute atomic E-state index is 12.3. The van der Waals surface area contributed by atoms with Crippen LogP contribution in [0.1, 0.15) is 28.8 Å². The maximum Gasteiger partial charge on any atom is 0.427 e. The number of hydrogen-bond acceptors (Lipinski definition) is 4. The quantitative estimate of drug-likeness (QED) is 0.295. The van der Waals surface area contributed by atoms with E-state index in [2.05, 4.69) is 0 Å². The highest BCUT2D eigenvalue weighted by Crippen LogP contribution is 2.37. The molecule has 7 nitrogen and oxygen atoms in total. The van der Waals surface area contributed by atoms with Crippen molar-refractivity contribution >= 4 is 19.2 Å². The van der Waals surface area contributed by atoms with Crippen LogP contribution in [-0.4, -0.2) is 25.8 Å². The van der Waals surface area contributed by atoms with E-state index in [0.29, 0.717) is 12.8 Å². The van der Waals surface area contributed by atoms with Crippen molar-refractivity contribution in [2.24, 2.45) is 0 Å². The molecule has 8 heteroatoms. The Bertz CT molecular complexity index is 769. The van der Waals surface area contributed by atoms with E-state index >= 15 is 0 Å². The Hall–Kier alpha value is -2.34. The molecule has 128 valence electrons. The van der Waals surface area contributed by atoms with Crippen molar-refractivity contribution in [3.63, 3.8) is 0 Å². The largest absolute Gasteiger partial charge is 0.508 e. The first-order valence-electron chi connectivity index (χ1n) is 7.22. The van der Waals surface area contributed by atoms with Crippen LogP contribution >= 0.6 is 7.75 Å². The topological polar surface area (TPSA) is 127 Å². The third-order valence-electron chi connectivity index (χ3n) is 3.38. The monoisotopic (exact) mass is 351 g/mol. The molecule has 0 atom stereocenters. The molecular weight excluding hydrogens is 333 g/mol. The molecule has 0 aliphatic heterocycles. The molecule has 0 heterocycles. The predicted molar refractivity (Wildman–Crippen MR) is 89.1 cm³/mol. The molecule has 0 saturated carbocycles. The van der Waals surface area contributed by atoms with Crippen LogP contribution in [0.4, 0.5) is 5.69 Å². The fourth-order valence-corrected chi connectivity index (χ4v) is 2.78. The number of hydrogen-bond donors (Lipinski definition) is 5. The number of carbonyl (C=O) groups excluding carboxylic acids is 1. The van der Waals surface area contributed by atoms with Gasteiger partial charge in [0.1, 0.15) is 11.5 Å². The highest BCUT2D eigenvalue weighted by Gasteiger charge is 2.19. The second-order valence-corrected chi connectivity index (χ2v) is 6.64. The molecule has 2 aromatic rings. The molecule has 5 N–H and O–H groups in total. The van der Waals surface area contributed by atoms with Gasteiger partial charge in [0.05, 0.1) is 5.69 Å². The molecule has 24 heavy (non-hydrogen) atoms. The predicted octanol–water partition coefficient (Wildman–Crippen LogP) is 2.81. The lowest BCUT2D eigenvalue weighted by atomic mass is 10.0. The van der Waals surface area contributed by atoms with E-state index in [0.717, 1.165) is 5.56 Å². The fraction of sp³-hybridized carbons (Fsp3) is 0.188. The zero-order chi connectivity index (χ0) is 17.7. The van der Waals surface area contributed by atoms with E-state index in [1.165, 1.54) is 18.2 Å². The molecule has 2 aromatic carbocycles. The summed E-state index contributed by atoms with van der Waals surface area (Å²) in [6, 6.07) is 10.3. The summed E-state index contributed by atoms with van der Waals surface area (Å²) in [5, 5.41) is 20.7. The van der Waals surface area contributed by atoms with Crippen molar-refractivity contribution in [3.05, 3.63) is 53.6 Å². The Morgan fingerprint density at radius 3 is 2.25 bits per heavy atom. The molecule has 0 radical (unpaired) electrons. The zero-order valence-electron chi connectivity index (χ0n) is 12.7. The van der Waals surface area contributed by atoms with E-state index in [1.807, 2.05) is 5.09 Å². The Balaban J connectivity index is 2.04. The molecule has 0 fully saturated rings. The van der Waals surface area contributed by atoms with Crippen molar-refractivity contribution in [3.8, 4) is 11.5 Å². The van der Waals surface area contributed by atoms with Crippen molar-refractivity contribution in [2.75, 3.05) is 5.09 Å². The summed E-state index contributed by atoms with van der Waals surface area (Å²) < 4.78 is 11.1. The molecule has 0 bridgehead atoms. The fourth-order valence-electron chi connectivity index (χ4n) is 2.27. The normalized spacial score (nSPS) is 11.2. The SMILES string of the molecule is O=C(CCCc1ccc(O)cc1)c1cc(O)ccc1NP(=O)(O)O. The van der Waals surface area contributed by atoms with Crippen LogP contribution in [0.25, 0.3) is 0 Å². The standard InChI is InChI=1S/C16H18NO6P/c18-12-6-4-11(5-7-12)2-1-3-16(20)14-10-13(19)8-9-15(14)17-24(21,22)23/h4-10,18-19H,1-3H2,(H3,17,21,22,23). The van der Waals surface area contributed by atoms with Gasteiger partial charge in [0.15, 0.2) is 5.78 Å². The van der Waals surface area contributed by atoms with E-state index in [-0.39, 0.29) is 35.0 Å². The summed E-state index contributed by atoms with van der Waals surface area (Å²) in [6.07, 6.45) is 1.29. The summed E-state index contributed by atoms with van der Waals surface area (Å²) in [4.78, 5) is 30.3. The molecule has 0 amide bonds. The minimum Gasteiger partial charge on any atom is -0.508 e. The smallest absolute Gasteiger partial charge is 0.427 e. The molecule has 0 aliphatic rings. The highest BCUT2D eigenvalue weighted by atomic mass is 31.2. The van der Waals surface area contributed by atoms with Gasteiger partial charge >= 0.3 is 7.75 Å². The average molecular weight is 351 g/mol. The Labute approximate surface area is 138 Å². The van der Waals surface area contributed by atoms with Gasteiger partial charge in [-0.25, -0.2) is 4.57 Å². The first kappa shape index (κ1) is 18.0. The molecule has 0 aromatic heterocycles. The van der Waals surface area contributed by atoms with Crippen LogP contribution in [0.5, 0.6) is 11.5 Å². The minimum absolute atomic E-state index is 0.0178. The van der Waals surface area contributed by atoms with Crippen LogP contribution in [-0.2, 0) is 11.0 Å². The van der Waals surface area contributed by atoms with Gasteiger partial charge in [0.25, 0.3) is 0 Å². The van der Waals surface area contributed by atoms with E-state index in [9.17, 15) is 19.6 Å². The lowest BCUT2D eigenvalue weighted by Crippen LogP contribution is -2.06. The van der Waals surface area contributed by atoms with E-state index in [1.54, 1.807) is 24.3 Å². The van der Waals surface area contributed by atoms with Crippen LogP contribution in [0.15, 0.2) is 42.5 Å². The van der Waals surface area contributed by atoms with Gasteiger partial charge in [0.2, 0.25) is 0 Å². The molecule has 0 spiro atoms. The highest BCUT2D eigenvalue weighted by molar-refractivity contribution is 7.53. The number of phenols is 2. The van der Waals surface area contributed by atoms with Gasteiger partial charge in [-0.3, -0.25) is 9.88 Å². The Kier molecular flexibility index (Phi) is 5.62. The summed E-state index contributed by atoms with van der Waals surface area (Å²) in [6.45, 7) is 0. The number of rotatable bonds is 7. The van der Waals surface area contributed by atoms with E-state index in [4.69, 9.17) is 9.79 Å². The summed E-state index contributed by atoms with van der Waals surface area (Å²) >= 11 is 0. The number of ketones is 1. The van der Waals surface area contributed by atoms with Gasteiger partial charge in [0, 0.05) is 12.0 Å². The number of nitrogens with one attached hydrogen (secondary N) is 1. The number of aromatic hydroxyl groups is 2. The van der Waals surface area contributed by atoms with Crippen molar-refractivity contribution in [1.29, 1.82) is 0 Å². The van der Waals surface area contributed by atoms with Crippen molar-refractivity contribution < 1.29 is 29.4 Å². The number of anilines is 1. The summed E-state index contributed by atoms with van der Waals surface area (Å²) in [7, 11) is -4.56. The van der Waals surface area contributed by atoms with Gasteiger partial charge in [-0.2, -0.15) is 0 Å². The van der Waals surface area contributed by atoms with E-state index < -0.39 is 7.75 Å². The lowest BCUT2D eigenvalue weighted by molar-refractivity contribution is 0.0980. The third kappa shape index (κ3) is 5.38. The van der Waals surface area contributed by atoms with Crippen LogP contribution in [0.3, 0.4) is 0 Å². The lowest BCUT2D eigenvalue weighted by Gasteiger charge is -2.12. The number of benzene rings is 2. The number of aryl methyl sites for hydroxylation is 1. The third-order valence-corrected chi connectivity index (χ3v) is 3.91. The zero-order valence-corrected chi connectivity index (χ0v) is 13.6. The van der Waals surface area contributed by atoms with Gasteiger partial charge in [-0.1, -0.05) is 12.1 Å². The van der Waals surface area contributed by atoms with Gasteiger partial charge < -0.3 is 20.0 Å². The van der Waals surface area contributed by atoms with Crippen molar-refractivity contribution in [2.45, 2.75) is 19.3 Å². The van der Waals surface area contributed by atoms with Crippen LogP contribution < -0.4 is 5.09 Å². The first-order valence-corrected chi connectivity index (χ1v) is 8.84. The second kappa shape index (κ2) is 7.49. The molecule has 0 aliphatic carbocycles. The maximum atomic E-state index is 12.3.